The van der Waals surface area contributed by atoms with Gasteiger partial charge >= 0.3 is 0 Å². The first-order chi connectivity index (χ1) is 6.67. The second kappa shape index (κ2) is 3.50. The topological polar surface area (TPSA) is 37.3 Å². The van der Waals surface area contributed by atoms with Gasteiger partial charge in [-0.25, -0.2) is 0 Å². The maximum atomic E-state index is 11.7. The van der Waals surface area contributed by atoms with Gasteiger partial charge in [-0.05, 0) is 19.3 Å². The number of rotatable bonds is 1. The zero-order chi connectivity index (χ0) is 10.2. The third-order valence-electron chi connectivity index (χ3n) is 3.95. The zero-order valence-electron chi connectivity index (χ0n) is 8.54. The number of carbonyl (C=O) groups is 1. The van der Waals surface area contributed by atoms with Gasteiger partial charge in [-0.3, -0.25) is 4.79 Å². The Kier molecular flexibility index (Phi) is 2.48. The van der Waals surface area contributed by atoms with E-state index in [4.69, 9.17) is 0 Å². The summed E-state index contributed by atoms with van der Waals surface area (Å²) in [5, 5.41) is 10.3. The van der Waals surface area contributed by atoms with Crippen molar-refractivity contribution >= 4 is 5.78 Å². The molecule has 2 fully saturated rings. The second-order valence-corrected chi connectivity index (χ2v) is 4.66. The number of carbonyl (C=O) groups excluding carboxylic acids is 1. The standard InChI is InChI=1S/C12H18O2/c1-2-12(14)8-7-11(13)9-5-3-4-6-10(9)12/h2,9-10,14H,1,3-8H2/t9?,10?,12-/m1/s1. The van der Waals surface area contributed by atoms with Gasteiger partial charge in [0.05, 0.1) is 5.60 Å². The maximum absolute atomic E-state index is 11.7. The average Bonchev–Trinajstić information content (AvgIpc) is 2.24. The maximum Gasteiger partial charge on any atom is 0.136 e. The van der Waals surface area contributed by atoms with E-state index in [1.165, 1.54) is 0 Å². The van der Waals surface area contributed by atoms with Gasteiger partial charge in [0, 0.05) is 18.3 Å². The van der Waals surface area contributed by atoms with E-state index in [-0.39, 0.29) is 11.8 Å². The first-order valence-electron chi connectivity index (χ1n) is 5.56. The quantitative estimate of drug-likeness (QED) is 0.649. The van der Waals surface area contributed by atoms with Gasteiger partial charge < -0.3 is 5.11 Å². The molecular formula is C12H18O2. The number of hydrogen-bond acceptors (Lipinski definition) is 2. The van der Waals surface area contributed by atoms with Crippen LogP contribution in [0.5, 0.6) is 0 Å². The van der Waals surface area contributed by atoms with Crippen LogP contribution in [0, 0.1) is 11.8 Å². The molecule has 0 aromatic carbocycles. The number of fused-ring (bicyclic) bond motifs is 1. The van der Waals surface area contributed by atoms with Crippen molar-refractivity contribution in [3.63, 3.8) is 0 Å². The van der Waals surface area contributed by atoms with Crippen molar-refractivity contribution in [2.24, 2.45) is 11.8 Å². The van der Waals surface area contributed by atoms with Crippen molar-refractivity contribution in [3.05, 3.63) is 12.7 Å². The first-order valence-corrected chi connectivity index (χ1v) is 5.56. The zero-order valence-corrected chi connectivity index (χ0v) is 8.54. The molecule has 2 saturated carbocycles. The van der Waals surface area contributed by atoms with E-state index < -0.39 is 5.60 Å². The van der Waals surface area contributed by atoms with Crippen LogP contribution in [-0.4, -0.2) is 16.5 Å². The van der Waals surface area contributed by atoms with Crippen LogP contribution >= 0.6 is 0 Å². The Bertz CT molecular complexity index is 259. The minimum absolute atomic E-state index is 0.112. The molecule has 2 aliphatic rings. The molecule has 2 heteroatoms. The van der Waals surface area contributed by atoms with Crippen LogP contribution in [0.2, 0.25) is 0 Å². The highest BCUT2D eigenvalue weighted by Gasteiger charge is 2.46. The fourth-order valence-corrected chi connectivity index (χ4v) is 3.06. The highest BCUT2D eigenvalue weighted by molar-refractivity contribution is 5.82. The Morgan fingerprint density at radius 3 is 2.86 bits per heavy atom. The number of hydrogen-bond donors (Lipinski definition) is 1. The molecule has 1 N–H and O–H groups in total. The van der Waals surface area contributed by atoms with Gasteiger partial charge in [0.1, 0.15) is 5.78 Å². The van der Waals surface area contributed by atoms with Crippen molar-refractivity contribution < 1.29 is 9.90 Å². The number of aliphatic hydroxyl groups is 1. The molecule has 0 saturated heterocycles. The van der Waals surface area contributed by atoms with E-state index in [0.717, 1.165) is 25.7 Å². The molecule has 2 unspecified atom stereocenters. The monoisotopic (exact) mass is 194 g/mol. The number of ketones is 1. The smallest absolute Gasteiger partial charge is 0.136 e. The molecule has 0 amide bonds. The van der Waals surface area contributed by atoms with Crippen molar-refractivity contribution in [1.82, 2.24) is 0 Å². The minimum Gasteiger partial charge on any atom is -0.385 e. The summed E-state index contributed by atoms with van der Waals surface area (Å²) in [7, 11) is 0. The third kappa shape index (κ3) is 1.42. The van der Waals surface area contributed by atoms with E-state index >= 15 is 0 Å². The van der Waals surface area contributed by atoms with E-state index in [9.17, 15) is 9.90 Å². The lowest BCUT2D eigenvalue weighted by molar-refractivity contribution is -0.138. The van der Waals surface area contributed by atoms with Crippen molar-refractivity contribution in [2.45, 2.75) is 44.1 Å². The summed E-state index contributed by atoms with van der Waals surface area (Å²) in [5.41, 5.74) is -0.765. The molecule has 14 heavy (non-hydrogen) atoms. The first kappa shape index (κ1) is 9.91. The van der Waals surface area contributed by atoms with Crippen LogP contribution in [0.4, 0.5) is 0 Å². The van der Waals surface area contributed by atoms with Crippen LogP contribution in [0.25, 0.3) is 0 Å². The summed E-state index contributed by atoms with van der Waals surface area (Å²) < 4.78 is 0. The predicted octanol–water partition coefficient (Wildman–Crippen LogP) is 2.07. The van der Waals surface area contributed by atoms with Gasteiger partial charge in [-0.2, -0.15) is 0 Å². The van der Waals surface area contributed by atoms with E-state index in [1.807, 2.05) is 0 Å². The van der Waals surface area contributed by atoms with Gasteiger partial charge in [0.2, 0.25) is 0 Å². The van der Waals surface area contributed by atoms with Crippen LogP contribution in [0.1, 0.15) is 38.5 Å². The Morgan fingerprint density at radius 2 is 2.14 bits per heavy atom. The summed E-state index contributed by atoms with van der Waals surface area (Å²) in [4.78, 5) is 11.7. The normalized spacial score (nSPS) is 43.1. The van der Waals surface area contributed by atoms with Crippen LogP contribution in [-0.2, 0) is 4.79 Å². The fourth-order valence-electron chi connectivity index (χ4n) is 3.06. The molecule has 0 spiro atoms. The Morgan fingerprint density at radius 1 is 1.43 bits per heavy atom. The van der Waals surface area contributed by atoms with Crippen LogP contribution in [0.15, 0.2) is 12.7 Å². The molecule has 0 heterocycles. The van der Waals surface area contributed by atoms with Gasteiger partial charge in [0.25, 0.3) is 0 Å². The van der Waals surface area contributed by atoms with E-state index in [0.29, 0.717) is 18.6 Å². The van der Waals surface area contributed by atoms with Gasteiger partial charge in [0.15, 0.2) is 0 Å². The largest absolute Gasteiger partial charge is 0.385 e. The van der Waals surface area contributed by atoms with Crippen molar-refractivity contribution in [3.8, 4) is 0 Å². The summed E-state index contributed by atoms with van der Waals surface area (Å²) in [5.74, 6) is 0.622. The lowest BCUT2D eigenvalue weighted by Gasteiger charge is -2.44. The lowest BCUT2D eigenvalue weighted by Crippen LogP contribution is -2.48. The molecule has 0 aromatic rings. The van der Waals surface area contributed by atoms with Crippen molar-refractivity contribution in [2.75, 3.05) is 0 Å². The SMILES string of the molecule is C=C[C@@]1(O)CCC(=O)C2CCCCC21. The minimum atomic E-state index is -0.765. The molecule has 78 valence electrons. The van der Waals surface area contributed by atoms with E-state index in [2.05, 4.69) is 6.58 Å². The third-order valence-corrected chi connectivity index (χ3v) is 3.95. The molecule has 2 rings (SSSR count). The highest BCUT2D eigenvalue weighted by atomic mass is 16.3. The number of Topliss-reactive ketones (excluding diaryl/α,β-unsaturated/α-hetero) is 1. The lowest BCUT2D eigenvalue weighted by atomic mass is 9.62. The van der Waals surface area contributed by atoms with Crippen LogP contribution < -0.4 is 0 Å². The Balaban J connectivity index is 2.24. The van der Waals surface area contributed by atoms with Gasteiger partial charge in [-0.15, -0.1) is 6.58 Å². The van der Waals surface area contributed by atoms with Crippen molar-refractivity contribution in [1.29, 1.82) is 0 Å². The molecule has 0 aromatic heterocycles. The van der Waals surface area contributed by atoms with Gasteiger partial charge in [-0.1, -0.05) is 18.9 Å². The molecular weight excluding hydrogens is 176 g/mol. The van der Waals surface area contributed by atoms with Crippen LogP contribution in [0.3, 0.4) is 0 Å². The molecule has 0 bridgehead atoms. The Labute approximate surface area is 85.0 Å². The molecule has 3 atom stereocenters. The van der Waals surface area contributed by atoms with E-state index in [1.54, 1.807) is 6.08 Å². The second-order valence-electron chi connectivity index (χ2n) is 4.66. The summed E-state index contributed by atoms with van der Waals surface area (Å²) >= 11 is 0. The molecule has 2 aliphatic carbocycles. The predicted molar refractivity (Wildman–Crippen MR) is 54.8 cm³/mol. The fraction of sp³-hybridized carbons (Fsp3) is 0.750. The molecule has 0 radical (unpaired) electrons. The Hall–Kier alpha value is -0.630. The summed E-state index contributed by atoms with van der Waals surface area (Å²) in [6.07, 6.45) is 7.01. The highest BCUT2D eigenvalue weighted by Crippen LogP contribution is 2.44. The summed E-state index contributed by atoms with van der Waals surface area (Å²) in [6.45, 7) is 3.71. The molecule has 0 aliphatic heterocycles. The molecule has 2 nitrogen and oxygen atoms in total. The summed E-state index contributed by atoms with van der Waals surface area (Å²) in [6, 6.07) is 0. The average molecular weight is 194 g/mol.